The van der Waals surface area contributed by atoms with Crippen LogP contribution >= 0.6 is 11.8 Å². The van der Waals surface area contributed by atoms with Crippen LogP contribution in [0.1, 0.15) is 24.2 Å². The lowest BCUT2D eigenvalue weighted by atomic mass is 9.85. The van der Waals surface area contributed by atoms with E-state index in [1.807, 2.05) is 30.3 Å². The third-order valence-corrected chi connectivity index (χ3v) is 6.54. The Morgan fingerprint density at radius 2 is 1.86 bits per heavy atom. The van der Waals surface area contributed by atoms with Gasteiger partial charge in [0.25, 0.3) is 5.91 Å². The number of benzene rings is 2. The number of halogens is 1. The Hall–Kier alpha value is -4.29. The molecule has 182 valence electrons. The zero-order valence-corrected chi connectivity index (χ0v) is 20.2. The van der Waals surface area contributed by atoms with Crippen LogP contribution in [0.15, 0.2) is 99.3 Å². The molecule has 0 spiro atoms. The van der Waals surface area contributed by atoms with Crippen LogP contribution < -0.4 is 16.0 Å². The number of thioether (sulfide) groups is 1. The van der Waals surface area contributed by atoms with Gasteiger partial charge in [-0.25, -0.2) is 4.39 Å². The number of carbonyl (C=O) groups excluding carboxylic acids is 2. The van der Waals surface area contributed by atoms with E-state index in [9.17, 15) is 19.2 Å². The summed E-state index contributed by atoms with van der Waals surface area (Å²) in [5, 5.41) is 19.0. The highest BCUT2D eigenvalue weighted by atomic mass is 32.2. The molecule has 0 saturated carbocycles. The predicted molar refractivity (Wildman–Crippen MR) is 136 cm³/mol. The van der Waals surface area contributed by atoms with Crippen molar-refractivity contribution >= 4 is 29.3 Å². The van der Waals surface area contributed by atoms with Gasteiger partial charge in [0, 0.05) is 12.2 Å². The molecule has 3 aromatic rings. The van der Waals surface area contributed by atoms with E-state index in [1.165, 1.54) is 24.5 Å². The van der Waals surface area contributed by atoms with Crippen molar-refractivity contribution in [3.63, 3.8) is 0 Å². The van der Waals surface area contributed by atoms with Gasteiger partial charge < -0.3 is 20.4 Å². The topological polar surface area (TPSA) is 107 Å². The van der Waals surface area contributed by atoms with Crippen LogP contribution in [0.4, 0.5) is 10.1 Å². The van der Waals surface area contributed by atoms with E-state index < -0.39 is 17.6 Å². The van der Waals surface area contributed by atoms with E-state index in [0.29, 0.717) is 23.0 Å². The summed E-state index contributed by atoms with van der Waals surface area (Å²) >= 11 is 1.16. The minimum absolute atomic E-state index is 0.0266. The lowest BCUT2D eigenvalue weighted by Crippen LogP contribution is -2.31. The van der Waals surface area contributed by atoms with Gasteiger partial charge in [-0.05, 0) is 36.8 Å². The maximum atomic E-state index is 14.2. The van der Waals surface area contributed by atoms with E-state index in [4.69, 9.17) is 4.42 Å². The van der Waals surface area contributed by atoms with Gasteiger partial charge in [0.1, 0.15) is 11.6 Å². The van der Waals surface area contributed by atoms with Gasteiger partial charge in [0.2, 0.25) is 5.91 Å². The van der Waals surface area contributed by atoms with Gasteiger partial charge in [-0.15, -0.1) is 0 Å². The van der Waals surface area contributed by atoms with E-state index in [0.717, 1.165) is 17.3 Å². The maximum Gasteiger partial charge on any atom is 0.254 e. The average molecular weight is 503 g/mol. The summed E-state index contributed by atoms with van der Waals surface area (Å²) in [5.41, 5.74) is 1.93. The molecule has 3 N–H and O–H groups in total. The van der Waals surface area contributed by atoms with Crippen molar-refractivity contribution in [2.45, 2.75) is 19.4 Å². The van der Waals surface area contributed by atoms with Crippen LogP contribution in [0, 0.1) is 17.1 Å². The van der Waals surface area contributed by atoms with Gasteiger partial charge in [-0.3, -0.25) is 9.59 Å². The second-order valence-corrected chi connectivity index (χ2v) is 8.94. The van der Waals surface area contributed by atoms with Gasteiger partial charge in [-0.1, -0.05) is 54.2 Å². The van der Waals surface area contributed by atoms with Crippen LogP contribution in [0.3, 0.4) is 0 Å². The summed E-state index contributed by atoms with van der Waals surface area (Å²) in [5.74, 6) is -1.71. The van der Waals surface area contributed by atoms with Crippen LogP contribution in [0.2, 0.25) is 0 Å². The number of nitrogens with one attached hydrogen (secondary N) is 3. The molecule has 0 aliphatic carbocycles. The molecule has 4 rings (SSSR count). The minimum atomic E-state index is -0.826. The first-order valence-corrected chi connectivity index (χ1v) is 12.1. The number of hydrogen-bond donors (Lipinski definition) is 3. The summed E-state index contributed by atoms with van der Waals surface area (Å²) in [6.07, 6.45) is 1.46. The molecule has 9 heteroatoms. The first-order valence-electron chi connectivity index (χ1n) is 11.1. The van der Waals surface area contributed by atoms with Crippen LogP contribution in [0.5, 0.6) is 0 Å². The third kappa shape index (κ3) is 5.67. The number of carbonyl (C=O) groups is 2. The maximum absolute atomic E-state index is 14.2. The normalized spacial score (nSPS) is 15.2. The van der Waals surface area contributed by atoms with Crippen LogP contribution in [-0.2, 0) is 16.1 Å². The molecule has 1 aliphatic heterocycles. The Bertz CT molecular complexity index is 1360. The molecule has 1 aliphatic rings. The number of nitriles is 1. The van der Waals surface area contributed by atoms with E-state index >= 15 is 0 Å². The fraction of sp³-hybridized carbons (Fsp3) is 0.148. The Morgan fingerprint density at radius 3 is 2.56 bits per heavy atom. The molecule has 1 atom stereocenters. The monoisotopic (exact) mass is 502 g/mol. The smallest absolute Gasteiger partial charge is 0.254 e. The SMILES string of the molecule is CC1=C(C(=O)Nc2ccccc2F)C(c2ccco2)C(C#N)=C(SCC(=O)NCc2ccccc2)N1. The summed E-state index contributed by atoms with van der Waals surface area (Å²) in [6.45, 7) is 2.09. The number of para-hydroxylation sites is 1. The number of amides is 2. The molecule has 1 unspecified atom stereocenters. The fourth-order valence-corrected chi connectivity index (χ4v) is 4.73. The van der Waals surface area contributed by atoms with Gasteiger partial charge in [-0.2, -0.15) is 5.26 Å². The van der Waals surface area contributed by atoms with Gasteiger partial charge in [0.15, 0.2) is 0 Å². The zero-order valence-electron chi connectivity index (χ0n) is 19.4. The van der Waals surface area contributed by atoms with Crippen LogP contribution in [0.25, 0.3) is 0 Å². The highest BCUT2D eigenvalue weighted by Gasteiger charge is 2.36. The first kappa shape index (κ1) is 24.8. The molecular weight excluding hydrogens is 479 g/mol. The molecule has 0 saturated heterocycles. The second-order valence-electron chi connectivity index (χ2n) is 7.95. The standard InChI is InChI=1S/C27H23FN4O3S/c1-17-24(26(34)32-21-11-6-5-10-20(21)28)25(22-12-7-13-35-22)19(14-29)27(31-17)36-16-23(33)30-15-18-8-3-2-4-9-18/h2-13,25,31H,15-16H2,1H3,(H,30,33)(H,32,34). The lowest BCUT2D eigenvalue weighted by molar-refractivity contribution is -0.118. The Labute approximate surface area is 212 Å². The fourth-order valence-electron chi connectivity index (χ4n) is 3.80. The average Bonchev–Trinajstić information content (AvgIpc) is 3.42. The highest BCUT2D eigenvalue weighted by Crippen LogP contribution is 2.41. The summed E-state index contributed by atoms with van der Waals surface area (Å²) < 4.78 is 19.7. The number of furan rings is 1. The van der Waals surface area contributed by atoms with Crippen molar-refractivity contribution < 1.29 is 18.4 Å². The summed E-state index contributed by atoms with van der Waals surface area (Å²) in [4.78, 5) is 25.7. The molecule has 2 aromatic carbocycles. The third-order valence-electron chi connectivity index (χ3n) is 5.52. The molecule has 7 nitrogen and oxygen atoms in total. The molecule has 0 bridgehead atoms. The van der Waals surface area contributed by atoms with Crippen molar-refractivity contribution in [1.82, 2.24) is 10.6 Å². The van der Waals surface area contributed by atoms with E-state index in [-0.39, 0.29) is 28.5 Å². The zero-order chi connectivity index (χ0) is 25.5. The molecular formula is C27H23FN4O3S. The molecule has 36 heavy (non-hydrogen) atoms. The molecule has 2 heterocycles. The number of rotatable bonds is 8. The number of dihydropyridines is 1. The van der Waals surface area contributed by atoms with E-state index in [1.54, 1.807) is 25.1 Å². The first-order chi connectivity index (χ1) is 17.5. The number of hydrogen-bond acceptors (Lipinski definition) is 6. The highest BCUT2D eigenvalue weighted by molar-refractivity contribution is 8.03. The lowest BCUT2D eigenvalue weighted by Gasteiger charge is -2.28. The van der Waals surface area contributed by atoms with E-state index in [2.05, 4.69) is 22.0 Å². The van der Waals surface area contributed by atoms with Crippen LogP contribution in [-0.4, -0.2) is 17.6 Å². The predicted octanol–water partition coefficient (Wildman–Crippen LogP) is 4.80. The van der Waals surface area contributed by atoms with Gasteiger partial charge in [0.05, 0.1) is 45.9 Å². The Balaban J connectivity index is 1.55. The molecule has 0 radical (unpaired) electrons. The number of nitrogens with zero attached hydrogens (tertiary/aromatic N) is 1. The second kappa shape index (κ2) is 11.4. The molecule has 2 amide bonds. The Morgan fingerprint density at radius 1 is 1.11 bits per heavy atom. The van der Waals surface area contributed by atoms with Gasteiger partial charge >= 0.3 is 0 Å². The van der Waals surface area contributed by atoms with Crippen molar-refractivity contribution in [3.05, 3.63) is 112 Å². The van der Waals surface area contributed by atoms with Crippen molar-refractivity contribution in [3.8, 4) is 6.07 Å². The van der Waals surface area contributed by atoms with Crippen molar-refractivity contribution in [2.24, 2.45) is 0 Å². The largest absolute Gasteiger partial charge is 0.468 e. The van der Waals surface area contributed by atoms with Crippen molar-refractivity contribution in [1.29, 1.82) is 5.26 Å². The molecule has 1 aromatic heterocycles. The Kier molecular flexibility index (Phi) is 7.88. The number of anilines is 1. The minimum Gasteiger partial charge on any atom is -0.468 e. The summed E-state index contributed by atoms with van der Waals surface area (Å²) in [6, 6.07) is 20.9. The summed E-state index contributed by atoms with van der Waals surface area (Å²) in [7, 11) is 0. The molecule has 0 fully saturated rings. The quantitative estimate of drug-likeness (QED) is 0.408. The number of allylic oxidation sites excluding steroid dienone is 2. The van der Waals surface area contributed by atoms with Crippen molar-refractivity contribution in [2.75, 3.05) is 11.1 Å².